The van der Waals surface area contributed by atoms with Crippen LogP contribution in [0.3, 0.4) is 0 Å². The Bertz CT molecular complexity index is 866. The van der Waals surface area contributed by atoms with Gasteiger partial charge in [0.25, 0.3) is 0 Å². The zero-order valence-corrected chi connectivity index (χ0v) is 12.9. The number of anilines is 1. The molecule has 0 radical (unpaired) electrons. The van der Waals surface area contributed by atoms with Crippen LogP contribution in [0.4, 0.5) is 5.82 Å². The third-order valence-corrected chi connectivity index (χ3v) is 3.97. The van der Waals surface area contributed by atoms with E-state index in [0.717, 1.165) is 21.2 Å². The summed E-state index contributed by atoms with van der Waals surface area (Å²) in [5.41, 5.74) is 9.18. The minimum atomic E-state index is -0.171. The summed E-state index contributed by atoms with van der Waals surface area (Å²) in [5.74, 6) is 0.553. The number of halogens is 1. The Kier molecular flexibility index (Phi) is 3.39. The number of nitrogens with zero attached hydrogens (tertiary/aromatic N) is 2. The molecule has 3 N–H and O–H groups in total. The van der Waals surface area contributed by atoms with Crippen molar-refractivity contribution in [3.8, 4) is 22.4 Å². The Labute approximate surface area is 129 Å². The van der Waals surface area contributed by atoms with Crippen LogP contribution in [-0.4, -0.2) is 14.8 Å². The van der Waals surface area contributed by atoms with Gasteiger partial charge in [0.05, 0.1) is 5.56 Å². The van der Waals surface area contributed by atoms with Crippen molar-refractivity contribution < 1.29 is 0 Å². The second-order valence-corrected chi connectivity index (χ2v) is 5.51. The zero-order chi connectivity index (χ0) is 15.0. The van der Waals surface area contributed by atoms with Crippen LogP contribution in [0.25, 0.3) is 22.4 Å². The van der Waals surface area contributed by atoms with Gasteiger partial charge in [-0.2, -0.15) is 5.10 Å². The number of nitrogens with one attached hydrogen (secondary N) is 1. The van der Waals surface area contributed by atoms with Crippen LogP contribution in [0.2, 0.25) is 0 Å². The largest absolute Gasteiger partial charge is 0.383 e. The first-order valence-corrected chi connectivity index (χ1v) is 7.13. The minimum Gasteiger partial charge on any atom is -0.383 e. The normalized spacial score (nSPS) is 10.8. The Balaban J connectivity index is 2.31. The fourth-order valence-corrected chi connectivity index (χ4v) is 2.74. The average molecular weight is 345 g/mol. The lowest BCUT2D eigenvalue weighted by atomic mass is 10.0. The molecule has 0 bridgehead atoms. The van der Waals surface area contributed by atoms with E-state index in [2.05, 4.69) is 26.0 Å². The van der Waals surface area contributed by atoms with Gasteiger partial charge in [-0.05, 0) is 12.1 Å². The van der Waals surface area contributed by atoms with E-state index in [0.29, 0.717) is 11.5 Å². The summed E-state index contributed by atoms with van der Waals surface area (Å²) < 4.78 is 2.54. The molecule has 1 aromatic carbocycles. The molecule has 0 saturated heterocycles. The van der Waals surface area contributed by atoms with Crippen LogP contribution in [0, 0.1) is 0 Å². The lowest BCUT2D eigenvalue weighted by Crippen LogP contribution is -2.02. The van der Waals surface area contributed by atoms with Gasteiger partial charge in [0.2, 0.25) is 5.56 Å². The third kappa shape index (κ3) is 2.38. The fraction of sp³-hybridized carbons (Fsp3) is 0.0667. The molecule has 0 amide bonds. The minimum absolute atomic E-state index is 0.171. The van der Waals surface area contributed by atoms with Crippen LogP contribution >= 0.6 is 15.9 Å². The van der Waals surface area contributed by atoms with Crippen molar-refractivity contribution in [1.82, 2.24) is 14.8 Å². The molecule has 0 saturated carbocycles. The van der Waals surface area contributed by atoms with Gasteiger partial charge >= 0.3 is 0 Å². The lowest BCUT2D eigenvalue weighted by molar-refractivity contribution is 0.782. The van der Waals surface area contributed by atoms with Crippen LogP contribution in [-0.2, 0) is 7.05 Å². The van der Waals surface area contributed by atoms with Crippen LogP contribution in [0.1, 0.15) is 0 Å². The molecule has 21 heavy (non-hydrogen) atoms. The summed E-state index contributed by atoms with van der Waals surface area (Å²) in [4.78, 5) is 14.1. The highest BCUT2D eigenvalue weighted by Crippen LogP contribution is 2.38. The number of aromatic nitrogens is 3. The quantitative estimate of drug-likeness (QED) is 0.750. The van der Waals surface area contributed by atoms with E-state index in [1.165, 1.54) is 6.07 Å². The maximum Gasteiger partial charge on any atom is 0.248 e. The standard InChI is InChI=1S/C15H13BrN4O/c1-20-15(17)13(10-4-2-3-5-11(10)16)14(19-20)9-6-7-18-12(21)8-9/h2-8H,17H2,1H3,(H,18,21). The second-order valence-electron chi connectivity index (χ2n) is 4.65. The van der Waals surface area contributed by atoms with Gasteiger partial charge in [0, 0.05) is 34.9 Å². The number of benzene rings is 1. The summed E-state index contributed by atoms with van der Waals surface area (Å²) in [6.07, 6.45) is 1.60. The molecular formula is C15H13BrN4O. The lowest BCUT2D eigenvalue weighted by Gasteiger charge is -2.06. The molecule has 6 heteroatoms. The topological polar surface area (TPSA) is 76.7 Å². The van der Waals surface area contributed by atoms with Crippen LogP contribution < -0.4 is 11.3 Å². The van der Waals surface area contributed by atoms with E-state index in [9.17, 15) is 4.79 Å². The highest BCUT2D eigenvalue weighted by molar-refractivity contribution is 9.10. The second kappa shape index (κ2) is 5.21. The summed E-state index contributed by atoms with van der Waals surface area (Å²) >= 11 is 3.54. The van der Waals surface area contributed by atoms with Crippen LogP contribution in [0.15, 0.2) is 51.9 Å². The molecule has 0 aliphatic rings. The molecule has 106 valence electrons. The van der Waals surface area contributed by atoms with E-state index in [4.69, 9.17) is 5.73 Å². The van der Waals surface area contributed by atoms with E-state index in [1.807, 2.05) is 30.3 Å². The summed E-state index contributed by atoms with van der Waals surface area (Å²) in [6.45, 7) is 0. The van der Waals surface area contributed by atoms with Crippen molar-refractivity contribution in [1.29, 1.82) is 0 Å². The molecule has 3 aromatic rings. The van der Waals surface area contributed by atoms with E-state index < -0.39 is 0 Å². The first kappa shape index (κ1) is 13.6. The number of pyridine rings is 1. The van der Waals surface area contributed by atoms with Gasteiger partial charge in [-0.3, -0.25) is 9.48 Å². The van der Waals surface area contributed by atoms with Gasteiger partial charge in [-0.25, -0.2) is 0 Å². The molecule has 2 aromatic heterocycles. The van der Waals surface area contributed by atoms with Crippen molar-refractivity contribution in [2.45, 2.75) is 0 Å². The summed E-state index contributed by atoms with van der Waals surface area (Å²) in [5, 5.41) is 4.46. The van der Waals surface area contributed by atoms with Crippen molar-refractivity contribution in [2.75, 3.05) is 5.73 Å². The SMILES string of the molecule is Cn1nc(-c2cc[nH]c(=O)c2)c(-c2ccccc2Br)c1N. The maximum atomic E-state index is 11.5. The smallest absolute Gasteiger partial charge is 0.248 e. The van der Waals surface area contributed by atoms with Crippen molar-refractivity contribution in [2.24, 2.45) is 7.05 Å². The first-order chi connectivity index (χ1) is 10.1. The third-order valence-electron chi connectivity index (χ3n) is 3.28. The van der Waals surface area contributed by atoms with Gasteiger partial charge in [-0.1, -0.05) is 34.1 Å². The van der Waals surface area contributed by atoms with Gasteiger partial charge in [0.1, 0.15) is 11.5 Å². The molecule has 0 aliphatic carbocycles. The van der Waals surface area contributed by atoms with Crippen molar-refractivity contribution in [3.05, 3.63) is 57.4 Å². The number of nitrogens with two attached hydrogens (primary N) is 1. The fourth-order valence-electron chi connectivity index (χ4n) is 2.26. The van der Waals surface area contributed by atoms with Gasteiger partial charge in [-0.15, -0.1) is 0 Å². The molecule has 2 heterocycles. The molecule has 5 nitrogen and oxygen atoms in total. The highest BCUT2D eigenvalue weighted by atomic mass is 79.9. The van der Waals surface area contributed by atoms with E-state index >= 15 is 0 Å². The predicted octanol–water partition coefficient (Wildman–Crippen LogP) is 2.79. The molecule has 3 rings (SSSR count). The van der Waals surface area contributed by atoms with Crippen LogP contribution in [0.5, 0.6) is 0 Å². The number of aromatic amines is 1. The maximum absolute atomic E-state index is 11.5. The summed E-state index contributed by atoms with van der Waals surface area (Å²) in [6, 6.07) is 11.1. The zero-order valence-electron chi connectivity index (χ0n) is 11.3. The summed E-state index contributed by atoms with van der Waals surface area (Å²) in [7, 11) is 1.78. The Hall–Kier alpha value is -2.34. The number of hydrogen-bond acceptors (Lipinski definition) is 3. The Morgan fingerprint density at radius 2 is 2.05 bits per heavy atom. The Morgan fingerprint density at radius 1 is 1.29 bits per heavy atom. The molecule has 0 aliphatic heterocycles. The molecule has 0 unspecified atom stereocenters. The first-order valence-electron chi connectivity index (χ1n) is 6.34. The average Bonchev–Trinajstić information content (AvgIpc) is 2.76. The number of hydrogen-bond donors (Lipinski definition) is 2. The van der Waals surface area contributed by atoms with Crippen molar-refractivity contribution in [3.63, 3.8) is 0 Å². The van der Waals surface area contributed by atoms with E-state index in [1.54, 1.807) is 17.9 Å². The Morgan fingerprint density at radius 3 is 2.76 bits per heavy atom. The molecule has 0 fully saturated rings. The molecule has 0 atom stereocenters. The number of rotatable bonds is 2. The number of H-pyrrole nitrogens is 1. The monoisotopic (exact) mass is 344 g/mol. The molecule has 0 spiro atoms. The number of aryl methyl sites for hydroxylation is 1. The van der Waals surface area contributed by atoms with Crippen molar-refractivity contribution >= 4 is 21.7 Å². The van der Waals surface area contributed by atoms with E-state index in [-0.39, 0.29) is 5.56 Å². The predicted molar refractivity (Wildman–Crippen MR) is 86.8 cm³/mol. The van der Waals surface area contributed by atoms with Gasteiger partial charge < -0.3 is 10.7 Å². The number of nitrogen functional groups attached to an aromatic ring is 1. The molecular weight excluding hydrogens is 332 g/mol. The highest BCUT2D eigenvalue weighted by Gasteiger charge is 2.19. The van der Waals surface area contributed by atoms with Gasteiger partial charge in [0.15, 0.2) is 0 Å².